The fraction of sp³-hybridized carbons (Fsp3) is 0.552. The van der Waals surface area contributed by atoms with E-state index in [0.717, 1.165) is 49.5 Å². The zero-order chi connectivity index (χ0) is 25.5. The standard InChI is InChI=1S/C29H34N4O4/c30-26(35)24-2-1-8-33(24)28(37)20-10-18-11-22-25-12-17-5-6-19(34)13-21(17)29(22,14-23(18)31-27(20)36)7-9-32(25)15-16-3-4-16/h5-6,10,13,16,22,24-25,34H,1-4,7-9,11-12,14-15H2,(H2,30,35)(H,31,36)/t22-,24-,25+,29+/m0/s1. The number of fused-ring (bicyclic) bond motifs is 2. The Labute approximate surface area is 215 Å². The number of likely N-dealkylation sites (tertiary alicyclic amines) is 2. The Morgan fingerprint density at radius 2 is 1.95 bits per heavy atom. The number of aromatic nitrogens is 1. The first-order valence-electron chi connectivity index (χ1n) is 13.8. The van der Waals surface area contributed by atoms with Crippen LogP contribution < -0.4 is 11.3 Å². The lowest BCUT2D eigenvalue weighted by atomic mass is 9.52. The van der Waals surface area contributed by atoms with Gasteiger partial charge in [-0.2, -0.15) is 0 Å². The highest BCUT2D eigenvalue weighted by Gasteiger charge is 2.55. The van der Waals surface area contributed by atoms with Crippen molar-refractivity contribution in [1.29, 1.82) is 0 Å². The highest BCUT2D eigenvalue weighted by Crippen LogP contribution is 2.55. The van der Waals surface area contributed by atoms with Crippen LogP contribution in [0.2, 0.25) is 0 Å². The van der Waals surface area contributed by atoms with E-state index in [-0.39, 0.29) is 11.0 Å². The summed E-state index contributed by atoms with van der Waals surface area (Å²) in [6, 6.07) is 7.38. The molecule has 194 valence electrons. The van der Waals surface area contributed by atoms with Gasteiger partial charge in [0.1, 0.15) is 17.4 Å². The fourth-order valence-corrected chi connectivity index (χ4v) is 7.98. The maximum atomic E-state index is 13.4. The zero-order valence-corrected chi connectivity index (χ0v) is 21.0. The molecule has 2 bridgehead atoms. The molecular formula is C29H34N4O4. The van der Waals surface area contributed by atoms with Crippen LogP contribution >= 0.6 is 0 Å². The minimum absolute atomic E-state index is 0.108. The number of hydrogen-bond donors (Lipinski definition) is 3. The first-order valence-corrected chi connectivity index (χ1v) is 13.8. The number of amides is 2. The van der Waals surface area contributed by atoms with Crippen molar-refractivity contribution in [2.75, 3.05) is 19.6 Å². The Balaban J connectivity index is 1.29. The van der Waals surface area contributed by atoms with Gasteiger partial charge >= 0.3 is 0 Å². The number of carbonyl (C=O) groups is 2. The van der Waals surface area contributed by atoms with E-state index >= 15 is 0 Å². The normalized spacial score (nSPS) is 30.4. The van der Waals surface area contributed by atoms with Crippen LogP contribution in [-0.2, 0) is 29.5 Å². The molecule has 0 unspecified atom stereocenters. The second-order valence-corrected chi connectivity index (χ2v) is 12.0. The molecule has 37 heavy (non-hydrogen) atoms. The third kappa shape index (κ3) is 3.55. The number of nitrogens with zero attached hydrogens (tertiary/aromatic N) is 2. The molecule has 8 heteroatoms. The summed E-state index contributed by atoms with van der Waals surface area (Å²) in [5.74, 6) is 0.528. The second-order valence-electron chi connectivity index (χ2n) is 12.0. The van der Waals surface area contributed by atoms with Crippen molar-refractivity contribution in [1.82, 2.24) is 14.8 Å². The molecule has 2 aromatic rings. The largest absolute Gasteiger partial charge is 0.508 e. The van der Waals surface area contributed by atoms with E-state index in [1.807, 2.05) is 6.07 Å². The molecule has 2 amide bonds. The molecule has 0 radical (unpaired) electrons. The number of piperidine rings is 1. The molecule has 2 aliphatic heterocycles. The van der Waals surface area contributed by atoms with E-state index in [1.54, 1.807) is 12.1 Å². The molecule has 1 saturated carbocycles. The molecule has 8 nitrogen and oxygen atoms in total. The highest BCUT2D eigenvalue weighted by molar-refractivity contribution is 5.97. The predicted molar refractivity (Wildman–Crippen MR) is 137 cm³/mol. The summed E-state index contributed by atoms with van der Waals surface area (Å²) < 4.78 is 0. The summed E-state index contributed by atoms with van der Waals surface area (Å²) in [5, 5.41) is 10.4. The number of carbonyl (C=O) groups excluding carboxylic acids is 2. The van der Waals surface area contributed by atoms with Gasteiger partial charge in [-0.3, -0.25) is 19.3 Å². The van der Waals surface area contributed by atoms with Crippen molar-refractivity contribution in [3.05, 3.63) is 62.6 Å². The minimum Gasteiger partial charge on any atom is -0.508 e. The van der Waals surface area contributed by atoms with Gasteiger partial charge in [0.15, 0.2) is 0 Å². The first-order chi connectivity index (χ1) is 17.8. The van der Waals surface area contributed by atoms with Gasteiger partial charge in [-0.15, -0.1) is 0 Å². The second kappa shape index (κ2) is 8.18. The van der Waals surface area contributed by atoms with E-state index < -0.39 is 23.4 Å². The molecule has 0 spiro atoms. The van der Waals surface area contributed by atoms with E-state index in [1.165, 1.54) is 28.9 Å². The molecule has 5 aliphatic rings. The van der Waals surface area contributed by atoms with Crippen LogP contribution in [0, 0.1) is 11.8 Å². The molecular weight excluding hydrogens is 468 g/mol. The number of aromatic hydroxyl groups is 1. The molecule has 4 N–H and O–H groups in total. The van der Waals surface area contributed by atoms with Gasteiger partial charge in [-0.25, -0.2) is 0 Å². The zero-order valence-electron chi connectivity index (χ0n) is 21.0. The average molecular weight is 503 g/mol. The van der Waals surface area contributed by atoms with E-state index in [2.05, 4.69) is 16.0 Å². The van der Waals surface area contributed by atoms with Crippen LogP contribution in [0.25, 0.3) is 0 Å². The number of phenols is 1. The monoisotopic (exact) mass is 502 g/mol. The third-order valence-corrected chi connectivity index (χ3v) is 9.96. The minimum atomic E-state index is -0.649. The van der Waals surface area contributed by atoms with Crippen molar-refractivity contribution in [3.63, 3.8) is 0 Å². The van der Waals surface area contributed by atoms with Crippen LogP contribution in [0.15, 0.2) is 29.1 Å². The quantitative estimate of drug-likeness (QED) is 0.590. The summed E-state index contributed by atoms with van der Waals surface area (Å²) in [5.41, 5.74) is 9.58. The van der Waals surface area contributed by atoms with Crippen LogP contribution in [0.4, 0.5) is 0 Å². The van der Waals surface area contributed by atoms with Crippen molar-refractivity contribution >= 4 is 11.8 Å². The lowest BCUT2D eigenvalue weighted by Gasteiger charge is -2.59. The number of nitrogens with two attached hydrogens (primary N) is 1. The van der Waals surface area contributed by atoms with Crippen molar-refractivity contribution in [2.45, 2.75) is 68.9 Å². The number of H-pyrrole nitrogens is 1. The lowest BCUT2D eigenvalue weighted by molar-refractivity contribution is -0.121. The Bertz CT molecular complexity index is 1360. The average Bonchev–Trinajstić information content (AvgIpc) is 3.55. The molecule has 2 saturated heterocycles. The first kappa shape index (κ1) is 23.0. The number of hydrogen-bond acceptors (Lipinski definition) is 5. The van der Waals surface area contributed by atoms with Crippen molar-refractivity contribution < 1.29 is 14.7 Å². The Morgan fingerprint density at radius 1 is 1.11 bits per heavy atom. The van der Waals surface area contributed by atoms with Gasteiger partial charge in [-0.1, -0.05) is 6.07 Å². The Hall–Kier alpha value is -3.13. The number of phenolic OH excluding ortho intramolecular Hbond substituents is 1. The number of primary amides is 1. The number of nitrogens with one attached hydrogen (secondary N) is 1. The molecule has 4 atom stereocenters. The van der Waals surface area contributed by atoms with E-state index in [4.69, 9.17) is 5.73 Å². The van der Waals surface area contributed by atoms with Crippen LogP contribution in [0.1, 0.15) is 64.8 Å². The predicted octanol–water partition coefficient (Wildman–Crippen LogP) is 1.86. The topological polar surface area (TPSA) is 120 Å². The smallest absolute Gasteiger partial charge is 0.261 e. The number of benzene rings is 1. The van der Waals surface area contributed by atoms with Crippen molar-refractivity contribution in [3.8, 4) is 5.75 Å². The van der Waals surface area contributed by atoms with Gasteiger partial charge in [0.25, 0.3) is 11.5 Å². The molecule has 3 aliphatic carbocycles. The van der Waals surface area contributed by atoms with Crippen LogP contribution in [0.5, 0.6) is 5.75 Å². The SMILES string of the molecule is NC(=O)[C@@H]1CCCN1C(=O)c1cc2c([nH]c1=O)C[C@]13CCN(CC4CC4)[C@H](Cc4ccc(O)cc41)[C@@H]3C2. The van der Waals surface area contributed by atoms with Gasteiger partial charge in [0.2, 0.25) is 5.91 Å². The third-order valence-electron chi connectivity index (χ3n) is 9.96. The molecule has 3 heterocycles. The maximum Gasteiger partial charge on any atom is 0.261 e. The van der Waals surface area contributed by atoms with Crippen molar-refractivity contribution in [2.24, 2.45) is 17.6 Å². The lowest BCUT2D eigenvalue weighted by Crippen LogP contribution is -2.63. The summed E-state index contributed by atoms with van der Waals surface area (Å²) in [6.45, 7) is 2.62. The molecule has 7 rings (SSSR count). The van der Waals surface area contributed by atoms with Gasteiger partial charge in [0, 0.05) is 30.2 Å². The van der Waals surface area contributed by atoms with Gasteiger partial charge < -0.3 is 20.7 Å². The summed E-state index contributed by atoms with van der Waals surface area (Å²) >= 11 is 0. The van der Waals surface area contributed by atoms with Crippen LogP contribution in [-0.4, -0.2) is 63.4 Å². The molecule has 1 aromatic carbocycles. The number of aromatic amines is 1. The van der Waals surface area contributed by atoms with E-state index in [9.17, 15) is 19.5 Å². The number of pyridine rings is 1. The fourth-order valence-electron chi connectivity index (χ4n) is 7.98. The highest BCUT2D eigenvalue weighted by atomic mass is 16.3. The van der Waals surface area contributed by atoms with E-state index in [0.29, 0.717) is 43.5 Å². The number of rotatable bonds is 4. The van der Waals surface area contributed by atoms with Gasteiger partial charge in [-0.05, 0) is 105 Å². The maximum absolute atomic E-state index is 13.4. The summed E-state index contributed by atoms with van der Waals surface area (Å²) in [6.07, 6.45) is 7.34. The molecule has 1 aromatic heterocycles. The van der Waals surface area contributed by atoms with Crippen LogP contribution in [0.3, 0.4) is 0 Å². The Morgan fingerprint density at radius 3 is 2.73 bits per heavy atom. The Kier molecular flexibility index (Phi) is 5.09. The summed E-state index contributed by atoms with van der Waals surface area (Å²) in [7, 11) is 0. The van der Waals surface area contributed by atoms with Gasteiger partial charge in [0.05, 0.1) is 0 Å². The summed E-state index contributed by atoms with van der Waals surface area (Å²) in [4.78, 5) is 45.7. The molecule has 3 fully saturated rings.